The molecule has 0 unspecified atom stereocenters. The minimum absolute atomic E-state index is 0.00742. The van der Waals surface area contributed by atoms with Gasteiger partial charge in [-0.3, -0.25) is 9.59 Å². The number of benzene rings is 1. The number of thioether (sulfide) groups is 1. The molecule has 1 aromatic carbocycles. The number of fused-ring (bicyclic) bond motifs is 1. The lowest BCUT2D eigenvalue weighted by Crippen LogP contribution is -2.43. The second kappa shape index (κ2) is 8.93. The van der Waals surface area contributed by atoms with Crippen LogP contribution < -0.4 is 10.2 Å². The Morgan fingerprint density at radius 2 is 2.04 bits per heavy atom. The number of nitrogens with one attached hydrogen (secondary N) is 1. The molecule has 2 amide bonds. The molecule has 1 aliphatic rings. The summed E-state index contributed by atoms with van der Waals surface area (Å²) in [7, 11) is 0. The minimum Gasteiger partial charge on any atom is -0.355 e. The Labute approximate surface area is 142 Å². The Hall–Kier alpha value is -1.53. The SMILES string of the molecule is CCN(CC)CCCNC(=O)CN1C(=O)CSc2ccccc21. The molecule has 0 bridgehead atoms. The summed E-state index contributed by atoms with van der Waals surface area (Å²) in [5.74, 6) is 0.290. The molecular weight excluding hydrogens is 310 g/mol. The highest BCUT2D eigenvalue weighted by Gasteiger charge is 2.25. The number of carbonyl (C=O) groups is 2. The second-order valence-electron chi connectivity index (χ2n) is 5.47. The van der Waals surface area contributed by atoms with Crippen molar-refractivity contribution in [1.29, 1.82) is 0 Å². The van der Waals surface area contributed by atoms with E-state index in [1.54, 1.807) is 4.90 Å². The van der Waals surface area contributed by atoms with E-state index in [1.807, 2.05) is 24.3 Å². The maximum atomic E-state index is 12.1. The van der Waals surface area contributed by atoms with Crippen molar-refractivity contribution in [3.05, 3.63) is 24.3 Å². The standard InChI is InChI=1S/C17H25N3O2S/c1-3-19(4-2)11-7-10-18-16(21)12-20-14-8-5-6-9-15(14)23-13-17(20)22/h5-6,8-9H,3-4,7,10-13H2,1-2H3,(H,18,21). The fourth-order valence-corrected chi connectivity index (χ4v) is 3.53. The summed E-state index contributed by atoms with van der Waals surface area (Å²) in [6.07, 6.45) is 0.924. The summed E-state index contributed by atoms with van der Waals surface area (Å²) in [5.41, 5.74) is 0.840. The Morgan fingerprint density at radius 3 is 2.78 bits per heavy atom. The van der Waals surface area contributed by atoms with Crippen molar-refractivity contribution in [2.24, 2.45) is 0 Å². The maximum absolute atomic E-state index is 12.1. The summed E-state index contributed by atoms with van der Waals surface area (Å²) in [4.78, 5) is 29.2. The van der Waals surface area contributed by atoms with Crippen LogP contribution >= 0.6 is 11.8 Å². The fraction of sp³-hybridized carbons (Fsp3) is 0.529. The molecule has 126 valence electrons. The molecule has 0 aliphatic carbocycles. The first-order valence-electron chi connectivity index (χ1n) is 8.17. The van der Waals surface area contributed by atoms with Gasteiger partial charge in [0.15, 0.2) is 0 Å². The van der Waals surface area contributed by atoms with Crippen LogP contribution in [0.4, 0.5) is 5.69 Å². The first kappa shape index (κ1) is 17.8. The summed E-state index contributed by atoms with van der Waals surface area (Å²) in [6, 6.07) is 7.73. The highest BCUT2D eigenvalue weighted by molar-refractivity contribution is 8.00. The molecule has 1 N–H and O–H groups in total. The van der Waals surface area contributed by atoms with Crippen LogP contribution in [-0.4, -0.2) is 55.2 Å². The summed E-state index contributed by atoms with van der Waals surface area (Å²) in [5, 5.41) is 2.92. The largest absolute Gasteiger partial charge is 0.355 e. The zero-order valence-electron chi connectivity index (χ0n) is 13.9. The van der Waals surface area contributed by atoms with Gasteiger partial charge in [-0.15, -0.1) is 11.8 Å². The van der Waals surface area contributed by atoms with Crippen LogP contribution in [0.15, 0.2) is 29.2 Å². The molecule has 0 fully saturated rings. The van der Waals surface area contributed by atoms with Gasteiger partial charge in [-0.2, -0.15) is 0 Å². The highest BCUT2D eigenvalue weighted by Crippen LogP contribution is 2.34. The molecule has 1 aliphatic heterocycles. The van der Waals surface area contributed by atoms with Crippen molar-refractivity contribution in [3.8, 4) is 0 Å². The number of hydrogen-bond donors (Lipinski definition) is 1. The van der Waals surface area contributed by atoms with Gasteiger partial charge < -0.3 is 15.1 Å². The number of carbonyl (C=O) groups excluding carboxylic acids is 2. The topological polar surface area (TPSA) is 52.7 Å². The Bertz CT molecular complexity index is 546. The molecule has 2 rings (SSSR count). The highest BCUT2D eigenvalue weighted by atomic mass is 32.2. The lowest BCUT2D eigenvalue weighted by atomic mass is 10.2. The molecule has 0 spiro atoms. The lowest BCUT2D eigenvalue weighted by Gasteiger charge is -2.28. The van der Waals surface area contributed by atoms with Gasteiger partial charge >= 0.3 is 0 Å². The predicted octanol–water partition coefficient (Wildman–Crippen LogP) is 1.97. The van der Waals surface area contributed by atoms with E-state index in [2.05, 4.69) is 24.1 Å². The van der Waals surface area contributed by atoms with Gasteiger partial charge in [-0.1, -0.05) is 26.0 Å². The summed E-state index contributed by atoms with van der Waals surface area (Å²) < 4.78 is 0. The van der Waals surface area contributed by atoms with E-state index in [9.17, 15) is 9.59 Å². The lowest BCUT2D eigenvalue weighted by molar-refractivity contribution is -0.123. The van der Waals surface area contributed by atoms with E-state index in [-0.39, 0.29) is 18.4 Å². The Kier molecular flexibility index (Phi) is 6.92. The van der Waals surface area contributed by atoms with Gasteiger partial charge in [0.2, 0.25) is 11.8 Å². The third-order valence-corrected chi connectivity index (χ3v) is 5.03. The summed E-state index contributed by atoms with van der Waals surface area (Å²) in [6.45, 7) is 8.06. The van der Waals surface area contributed by atoms with Crippen LogP contribution in [0, 0.1) is 0 Å². The number of anilines is 1. The van der Waals surface area contributed by atoms with Crippen LogP contribution in [0.2, 0.25) is 0 Å². The van der Waals surface area contributed by atoms with Crippen LogP contribution in [0.25, 0.3) is 0 Å². The van der Waals surface area contributed by atoms with Gasteiger partial charge in [0.1, 0.15) is 6.54 Å². The van der Waals surface area contributed by atoms with Crippen molar-refractivity contribution in [2.45, 2.75) is 25.2 Å². The smallest absolute Gasteiger partial charge is 0.240 e. The van der Waals surface area contributed by atoms with E-state index >= 15 is 0 Å². The monoisotopic (exact) mass is 335 g/mol. The number of hydrogen-bond acceptors (Lipinski definition) is 4. The van der Waals surface area contributed by atoms with E-state index in [1.165, 1.54) is 11.8 Å². The quantitative estimate of drug-likeness (QED) is 0.738. The number of nitrogens with zero attached hydrogens (tertiary/aromatic N) is 2. The number of para-hydroxylation sites is 1. The number of amides is 2. The van der Waals surface area contributed by atoms with Crippen molar-refractivity contribution in [3.63, 3.8) is 0 Å². The normalized spacial score (nSPS) is 14.0. The first-order chi connectivity index (χ1) is 11.2. The minimum atomic E-state index is -0.0976. The summed E-state index contributed by atoms with van der Waals surface area (Å²) >= 11 is 1.53. The fourth-order valence-electron chi connectivity index (χ4n) is 2.60. The van der Waals surface area contributed by atoms with E-state index in [0.29, 0.717) is 12.3 Å². The van der Waals surface area contributed by atoms with Gasteiger partial charge in [-0.05, 0) is 38.2 Å². The van der Waals surface area contributed by atoms with Gasteiger partial charge in [0.25, 0.3) is 0 Å². The maximum Gasteiger partial charge on any atom is 0.240 e. The zero-order valence-corrected chi connectivity index (χ0v) is 14.7. The van der Waals surface area contributed by atoms with Crippen LogP contribution in [0.5, 0.6) is 0 Å². The molecule has 0 saturated heterocycles. The van der Waals surface area contributed by atoms with Crippen LogP contribution in [0.1, 0.15) is 20.3 Å². The van der Waals surface area contributed by atoms with Crippen LogP contribution in [0.3, 0.4) is 0 Å². The van der Waals surface area contributed by atoms with Gasteiger partial charge in [0.05, 0.1) is 11.4 Å². The Morgan fingerprint density at radius 1 is 1.30 bits per heavy atom. The average molecular weight is 335 g/mol. The van der Waals surface area contributed by atoms with Crippen molar-refractivity contribution in [2.75, 3.05) is 43.4 Å². The van der Waals surface area contributed by atoms with Crippen LogP contribution in [-0.2, 0) is 9.59 Å². The molecule has 0 saturated carbocycles. The van der Waals surface area contributed by atoms with E-state index in [4.69, 9.17) is 0 Å². The average Bonchev–Trinajstić information content (AvgIpc) is 2.57. The molecule has 1 heterocycles. The predicted molar refractivity (Wildman–Crippen MR) is 94.9 cm³/mol. The second-order valence-corrected chi connectivity index (χ2v) is 6.48. The molecule has 0 radical (unpaired) electrons. The van der Waals surface area contributed by atoms with Crippen molar-refractivity contribution in [1.82, 2.24) is 10.2 Å². The van der Waals surface area contributed by atoms with Gasteiger partial charge in [-0.25, -0.2) is 0 Å². The molecule has 0 aromatic heterocycles. The molecule has 0 atom stereocenters. The first-order valence-corrected chi connectivity index (χ1v) is 9.15. The zero-order chi connectivity index (χ0) is 16.7. The molecule has 1 aromatic rings. The molecule has 5 nitrogen and oxygen atoms in total. The van der Waals surface area contributed by atoms with Gasteiger partial charge in [0, 0.05) is 11.4 Å². The molecular formula is C17H25N3O2S. The molecule has 23 heavy (non-hydrogen) atoms. The number of rotatable bonds is 8. The third-order valence-electron chi connectivity index (χ3n) is 3.98. The Balaban J connectivity index is 1.82. The van der Waals surface area contributed by atoms with E-state index < -0.39 is 0 Å². The van der Waals surface area contributed by atoms with Crippen molar-refractivity contribution >= 4 is 29.3 Å². The van der Waals surface area contributed by atoms with E-state index in [0.717, 1.165) is 36.6 Å². The molecule has 6 heteroatoms. The van der Waals surface area contributed by atoms with Crippen molar-refractivity contribution < 1.29 is 9.59 Å². The third kappa shape index (κ3) is 4.97.